The third-order valence-electron chi connectivity index (χ3n) is 3.86. The number of amides is 1. The first-order valence-electron chi connectivity index (χ1n) is 8.82. The van der Waals surface area contributed by atoms with Gasteiger partial charge in [-0.05, 0) is 12.5 Å². The van der Waals surface area contributed by atoms with Gasteiger partial charge in [0.25, 0.3) is 5.91 Å². The summed E-state index contributed by atoms with van der Waals surface area (Å²) in [6.45, 7) is 1.45. The Kier molecular flexibility index (Phi) is 7.73. The van der Waals surface area contributed by atoms with Crippen LogP contribution in [0.1, 0.15) is 16.9 Å². The fourth-order valence-corrected chi connectivity index (χ4v) is 2.40. The molecule has 8 nitrogen and oxygen atoms in total. The van der Waals surface area contributed by atoms with Crippen LogP contribution >= 0.6 is 0 Å². The van der Waals surface area contributed by atoms with Crippen molar-refractivity contribution < 1.29 is 27.9 Å². The van der Waals surface area contributed by atoms with Gasteiger partial charge in [0.1, 0.15) is 5.69 Å². The van der Waals surface area contributed by atoms with E-state index in [2.05, 4.69) is 15.4 Å². The van der Waals surface area contributed by atoms with Crippen LogP contribution in [-0.4, -0.2) is 49.0 Å². The number of hydrogen-bond acceptors (Lipinski definition) is 4. The van der Waals surface area contributed by atoms with Gasteiger partial charge in [-0.3, -0.25) is 9.48 Å². The number of rotatable bonds is 6. The van der Waals surface area contributed by atoms with Gasteiger partial charge in [0.05, 0.1) is 12.0 Å². The Morgan fingerprint density at radius 2 is 1.87 bits per heavy atom. The maximum atomic E-state index is 12.3. The minimum absolute atomic E-state index is 0.104. The molecule has 0 atom stereocenters. The summed E-state index contributed by atoms with van der Waals surface area (Å²) in [6.07, 6.45) is 1.20. The Bertz CT molecular complexity index is 954. The Morgan fingerprint density at radius 1 is 1.20 bits per heavy atom. The summed E-state index contributed by atoms with van der Waals surface area (Å²) < 4.78 is 35.3. The smallest absolute Gasteiger partial charge is 0.475 e. The number of alkyl halides is 3. The molecule has 1 aromatic carbocycles. The van der Waals surface area contributed by atoms with Crippen LogP contribution in [0.25, 0.3) is 11.3 Å². The molecule has 0 unspecified atom stereocenters. The summed E-state index contributed by atoms with van der Waals surface area (Å²) in [7, 11) is 1.78. The number of hydrogen-bond donors (Lipinski definition) is 2. The van der Waals surface area contributed by atoms with Crippen LogP contribution < -0.4 is 5.32 Å². The van der Waals surface area contributed by atoms with Crippen molar-refractivity contribution in [1.29, 1.82) is 0 Å². The molecule has 2 heterocycles. The van der Waals surface area contributed by atoms with E-state index >= 15 is 0 Å². The molecule has 0 bridgehead atoms. The van der Waals surface area contributed by atoms with Crippen molar-refractivity contribution in [3.63, 3.8) is 0 Å². The van der Waals surface area contributed by atoms with Gasteiger partial charge in [0.2, 0.25) is 0 Å². The van der Waals surface area contributed by atoms with Crippen molar-refractivity contribution in [2.75, 3.05) is 6.54 Å². The van der Waals surface area contributed by atoms with Gasteiger partial charge < -0.3 is 15.0 Å². The first-order valence-corrected chi connectivity index (χ1v) is 8.82. The van der Waals surface area contributed by atoms with Crippen molar-refractivity contribution in [3.05, 3.63) is 60.8 Å². The molecule has 0 aliphatic heterocycles. The first-order chi connectivity index (χ1) is 14.2. The van der Waals surface area contributed by atoms with Crippen LogP contribution in [0.4, 0.5) is 13.2 Å². The molecule has 0 aliphatic carbocycles. The molecule has 30 heavy (non-hydrogen) atoms. The van der Waals surface area contributed by atoms with E-state index in [-0.39, 0.29) is 5.91 Å². The summed E-state index contributed by atoms with van der Waals surface area (Å²) in [5, 5.41) is 14.5. The van der Waals surface area contributed by atoms with Crippen molar-refractivity contribution in [3.8, 4) is 11.3 Å². The number of carboxylic acids is 1. The summed E-state index contributed by atoms with van der Waals surface area (Å²) in [6, 6.07) is 11.7. The second-order valence-electron chi connectivity index (χ2n) is 6.12. The number of imidazole rings is 1. The minimum Gasteiger partial charge on any atom is -0.475 e. The number of nitrogens with one attached hydrogen (secondary N) is 1. The fraction of sp³-hybridized carbons (Fsp3) is 0.263. The standard InChI is InChI=1S/C17H19N5O.C2HF3O2/c1-21-16(12-15(20-21)14-6-3-2-4-7-14)17(23)19-8-5-10-22-11-9-18-13-22;3-2(4,5)1(6)7/h2-4,6-7,9,11-13H,5,8,10H2,1H3,(H,19,23);(H,6,7). The third-order valence-corrected chi connectivity index (χ3v) is 3.86. The molecule has 11 heteroatoms. The highest BCUT2D eigenvalue weighted by Gasteiger charge is 2.38. The number of carbonyl (C=O) groups excluding carboxylic acids is 1. The molecular weight excluding hydrogens is 403 g/mol. The molecule has 0 saturated carbocycles. The van der Waals surface area contributed by atoms with E-state index in [1.807, 2.05) is 47.2 Å². The average molecular weight is 423 g/mol. The molecule has 1 amide bonds. The molecule has 0 fully saturated rings. The quantitative estimate of drug-likeness (QED) is 0.594. The van der Waals surface area contributed by atoms with Gasteiger partial charge >= 0.3 is 12.1 Å². The number of aromatic nitrogens is 4. The third kappa shape index (κ3) is 6.76. The van der Waals surface area contributed by atoms with Crippen LogP contribution in [0.3, 0.4) is 0 Å². The maximum Gasteiger partial charge on any atom is 0.490 e. The lowest BCUT2D eigenvalue weighted by atomic mass is 10.1. The van der Waals surface area contributed by atoms with Crippen LogP contribution in [0, 0.1) is 0 Å². The van der Waals surface area contributed by atoms with Crippen molar-refractivity contribution in [2.24, 2.45) is 7.05 Å². The van der Waals surface area contributed by atoms with E-state index < -0.39 is 12.1 Å². The number of aliphatic carboxylic acids is 1. The maximum absolute atomic E-state index is 12.3. The topological polar surface area (TPSA) is 102 Å². The van der Waals surface area contributed by atoms with Gasteiger partial charge in [0.15, 0.2) is 0 Å². The summed E-state index contributed by atoms with van der Waals surface area (Å²) in [5.41, 5.74) is 2.37. The predicted molar refractivity (Wildman–Crippen MR) is 102 cm³/mol. The van der Waals surface area contributed by atoms with Crippen LogP contribution in [-0.2, 0) is 18.4 Å². The Hall–Kier alpha value is -3.63. The van der Waals surface area contributed by atoms with E-state index in [9.17, 15) is 18.0 Å². The van der Waals surface area contributed by atoms with Crippen LogP contribution in [0.5, 0.6) is 0 Å². The number of nitrogens with zero attached hydrogens (tertiary/aromatic N) is 4. The molecule has 0 aliphatic rings. The first kappa shape index (κ1) is 22.7. The van der Waals surface area contributed by atoms with Crippen molar-refractivity contribution >= 4 is 11.9 Å². The second kappa shape index (κ2) is 10.2. The molecule has 2 aromatic heterocycles. The Labute approximate surface area is 170 Å². The van der Waals surface area contributed by atoms with Crippen LogP contribution in [0.15, 0.2) is 55.1 Å². The zero-order chi connectivity index (χ0) is 22.1. The summed E-state index contributed by atoms with van der Waals surface area (Å²) in [4.78, 5) is 25.2. The Morgan fingerprint density at radius 3 is 2.43 bits per heavy atom. The largest absolute Gasteiger partial charge is 0.490 e. The molecule has 2 N–H and O–H groups in total. The van der Waals surface area contributed by atoms with Crippen molar-refractivity contribution in [1.82, 2.24) is 24.6 Å². The van der Waals surface area contributed by atoms with Crippen LogP contribution in [0.2, 0.25) is 0 Å². The second-order valence-corrected chi connectivity index (χ2v) is 6.12. The number of carboxylic acid groups (broad SMARTS) is 1. The molecule has 3 rings (SSSR count). The highest BCUT2D eigenvalue weighted by atomic mass is 19.4. The Balaban J connectivity index is 0.000000396. The molecular formula is C19H20F3N5O3. The predicted octanol–water partition coefficient (Wildman–Crippen LogP) is 2.74. The normalized spacial score (nSPS) is 10.8. The van der Waals surface area contributed by atoms with Crippen molar-refractivity contribution in [2.45, 2.75) is 19.1 Å². The highest BCUT2D eigenvalue weighted by molar-refractivity contribution is 5.93. The lowest BCUT2D eigenvalue weighted by Crippen LogP contribution is -2.27. The monoisotopic (exact) mass is 423 g/mol. The van der Waals surface area contributed by atoms with E-state index in [1.165, 1.54) is 0 Å². The van der Waals surface area contributed by atoms with E-state index in [0.717, 1.165) is 24.2 Å². The molecule has 3 aromatic rings. The lowest BCUT2D eigenvalue weighted by Gasteiger charge is -2.05. The SMILES string of the molecule is Cn1nc(-c2ccccc2)cc1C(=O)NCCCn1ccnc1.O=C(O)C(F)(F)F. The molecule has 0 radical (unpaired) electrons. The van der Waals surface area contributed by atoms with E-state index in [4.69, 9.17) is 9.90 Å². The van der Waals surface area contributed by atoms with Gasteiger partial charge in [-0.15, -0.1) is 0 Å². The number of halogens is 3. The summed E-state index contributed by atoms with van der Waals surface area (Å²) >= 11 is 0. The highest BCUT2D eigenvalue weighted by Crippen LogP contribution is 2.18. The number of benzene rings is 1. The molecule has 160 valence electrons. The fourth-order valence-electron chi connectivity index (χ4n) is 2.40. The number of aryl methyl sites for hydroxylation is 2. The van der Waals surface area contributed by atoms with Gasteiger partial charge in [-0.25, -0.2) is 9.78 Å². The van der Waals surface area contributed by atoms with E-state index in [1.54, 1.807) is 24.3 Å². The zero-order valence-electron chi connectivity index (χ0n) is 16.0. The summed E-state index contributed by atoms with van der Waals surface area (Å²) in [5.74, 6) is -2.86. The molecule has 0 saturated heterocycles. The average Bonchev–Trinajstić information content (AvgIpc) is 3.35. The number of carbonyl (C=O) groups is 2. The van der Waals surface area contributed by atoms with Gasteiger partial charge in [-0.1, -0.05) is 30.3 Å². The van der Waals surface area contributed by atoms with Gasteiger partial charge in [0, 0.05) is 38.1 Å². The van der Waals surface area contributed by atoms with E-state index in [0.29, 0.717) is 12.2 Å². The molecule has 0 spiro atoms. The lowest BCUT2D eigenvalue weighted by molar-refractivity contribution is -0.192. The minimum atomic E-state index is -5.08. The van der Waals surface area contributed by atoms with Gasteiger partial charge in [-0.2, -0.15) is 18.3 Å². The zero-order valence-corrected chi connectivity index (χ0v) is 16.0.